The second-order valence-electron chi connectivity index (χ2n) is 41.4. The normalized spacial score (nSPS) is 22.5. The number of hydrogen-bond donors (Lipinski definition) is 0. The molecule has 0 aliphatic heterocycles. The van der Waals surface area contributed by atoms with Crippen molar-refractivity contribution in [1.29, 1.82) is 0 Å². The van der Waals surface area contributed by atoms with Crippen LogP contribution >= 0.6 is 0 Å². The smallest absolute Gasteiger partial charge is 0.194 e. The van der Waals surface area contributed by atoms with Crippen LogP contribution in [0.3, 0.4) is 0 Å². The van der Waals surface area contributed by atoms with E-state index in [9.17, 15) is 0 Å². The van der Waals surface area contributed by atoms with Gasteiger partial charge in [0, 0.05) is 22.3 Å². The minimum atomic E-state index is -2.29. The van der Waals surface area contributed by atoms with Gasteiger partial charge >= 0.3 is 0 Å². The Labute approximate surface area is 878 Å². The van der Waals surface area contributed by atoms with Gasteiger partial charge < -0.3 is 35.4 Å². The van der Waals surface area contributed by atoms with E-state index in [0.717, 1.165) is 234 Å². The second-order valence-corrected chi connectivity index (χ2v) is 78.9. The lowest BCUT2D eigenvalue weighted by atomic mass is 9.81. The highest BCUT2D eigenvalue weighted by molar-refractivity contribution is 6.77. The lowest BCUT2D eigenvalue weighted by Gasteiger charge is -2.46. The zero-order chi connectivity index (χ0) is 103. The zero-order valence-electron chi connectivity index (χ0n) is 91.9. The maximum absolute atomic E-state index is 7.88. The van der Waals surface area contributed by atoms with Crippen molar-refractivity contribution in [2.24, 2.45) is 0 Å². The first-order valence-corrected chi connectivity index (χ1v) is 75.8. The Morgan fingerprint density at radius 1 is 0.139 bits per heavy atom. The van der Waals surface area contributed by atoms with Crippen LogP contribution in [0.1, 0.15) is 233 Å². The van der Waals surface area contributed by atoms with E-state index in [-0.39, 0.29) is 0 Å². The molecule has 24 bridgehead atoms. The molecule has 0 amide bonds. The van der Waals surface area contributed by atoms with Crippen molar-refractivity contribution in [3.8, 4) is 69.6 Å². The summed E-state index contributed by atoms with van der Waals surface area (Å²) in [5.41, 5.74) is 10.0. The fourth-order valence-corrected chi connectivity index (χ4v) is 46.2. The first-order chi connectivity index (χ1) is 69.4. The van der Waals surface area contributed by atoms with E-state index in [2.05, 4.69) is 505 Å². The van der Waals surface area contributed by atoms with Crippen LogP contribution in [0.4, 0.5) is 0 Å². The molecule has 23 aliphatic carbocycles. The maximum Gasteiger partial charge on any atom is 0.194 e. The molecule has 144 heavy (non-hydrogen) atoms. The van der Waals surface area contributed by atoms with Crippen molar-refractivity contribution >= 4 is 66.5 Å². The summed E-state index contributed by atoms with van der Waals surface area (Å²) in [6, 6.07) is 95.6. The molecule has 0 fully saturated rings. The molecule has 31 rings (SSSR count). The molecule has 0 spiro atoms. The van der Waals surface area contributed by atoms with Crippen molar-refractivity contribution in [2.75, 3.05) is 0 Å². The Morgan fingerprint density at radius 3 is 0.319 bits per heavy atom. The first-order valence-electron chi connectivity index (χ1n) is 55.6. The van der Waals surface area contributed by atoms with Crippen LogP contribution in [0.15, 0.2) is 291 Å². The fourth-order valence-electron chi connectivity index (χ4n) is 22.9. The summed E-state index contributed by atoms with van der Waals surface area (Å²) in [4.78, 5) is 0. The molecular weight excluding hydrogens is 1890 g/mol. The molecule has 8 nitrogen and oxygen atoms in total. The van der Waals surface area contributed by atoms with Crippen molar-refractivity contribution in [3.63, 3.8) is 0 Å². The van der Waals surface area contributed by atoms with Gasteiger partial charge in [0.2, 0.25) is 0 Å². The van der Waals surface area contributed by atoms with Gasteiger partial charge in [-0.15, -0.1) is 0 Å². The minimum Gasteiger partial charge on any atom is -0.401 e. The van der Waals surface area contributed by atoms with Gasteiger partial charge in [-0.3, -0.25) is 0 Å². The second kappa shape index (κ2) is 47.9. The zero-order valence-corrected chi connectivity index (χ0v) is 99.9. The van der Waals surface area contributed by atoms with Gasteiger partial charge in [-0.05, 0) is 381 Å². The van der Waals surface area contributed by atoms with Crippen LogP contribution in [0.2, 0.25) is 145 Å². The van der Waals surface area contributed by atoms with Crippen molar-refractivity contribution in [3.05, 3.63) is 358 Å². The summed E-state index contributed by atoms with van der Waals surface area (Å²) in [6.45, 7) is 55.8. The molecule has 0 atom stereocenters. The van der Waals surface area contributed by atoms with Crippen LogP contribution < -0.4 is 0 Å². The van der Waals surface area contributed by atoms with E-state index in [1.54, 1.807) is 0 Å². The number of hydrogen-bond acceptors (Lipinski definition) is 8. The molecule has 0 radical (unpaired) electrons. The average molecular weight is 2060 g/mol. The molecule has 8 aromatic rings. The molecule has 0 saturated carbocycles. The highest BCUT2D eigenvalue weighted by atomic mass is 28.4. The third-order valence-electron chi connectivity index (χ3n) is 35.5. The van der Waals surface area contributed by atoms with E-state index in [4.69, 9.17) is 35.4 Å². The van der Waals surface area contributed by atoms with E-state index in [0.29, 0.717) is 0 Å². The predicted molar refractivity (Wildman–Crippen MR) is 630 cm³/mol. The van der Waals surface area contributed by atoms with Gasteiger partial charge in [-0.25, -0.2) is 0 Å². The Morgan fingerprint density at radius 2 is 0.229 bits per heavy atom. The van der Waals surface area contributed by atoms with Crippen molar-refractivity contribution in [2.45, 2.75) is 356 Å². The van der Waals surface area contributed by atoms with Crippen molar-refractivity contribution < 1.29 is 35.4 Å². The third-order valence-corrected chi connectivity index (χ3v) is 72.6. The maximum atomic E-state index is 7.88. The summed E-state index contributed by atoms with van der Waals surface area (Å²) < 4.78 is 62.8. The molecule has 0 heterocycles. The summed E-state index contributed by atoms with van der Waals surface area (Å²) in [5.74, 6) is 26.8. The Balaban J connectivity index is 0.929. The van der Waals surface area contributed by atoms with Gasteiger partial charge in [-0.1, -0.05) is 335 Å². The largest absolute Gasteiger partial charge is 0.401 e. The Bertz CT molecular complexity index is 5260. The molecule has 0 aromatic heterocycles. The van der Waals surface area contributed by atoms with Crippen LogP contribution in [0.5, 0.6) is 0 Å². The van der Waals surface area contributed by atoms with E-state index >= 15 is 0 Å². The highest BCUT2D eigenvalue weighted by Gasteiger charge is 2.53. The summed E-state index contributed by atoms with van der Waals surface area (Å²) in [5, 5.41) is 0. The van der Waals surface area contributed by atoms with Gasteiger partial charge in [-0.2, -0.15) is 0 Å². The van der Waals surface area contributed by atoms with E-state index in [1.807, 2.05) is 0 Å². The minimum absolute atomic E-state index is 0.835. The molecule has 8 aromatic carbocycles. The predicted octanol–water partition coefficient (Wildman–Crippen LogP) is 35.2. The summed E-state index contributed by atoms with van der Waals surface area (Å²) in [7, 11) is -18.3. The lowest BCUT2D eigenvalue weighted by Crippen LogP contribution is -2.48. The Hall–Kier alpha value is -8.66. The quantitative estimate of drug-likeness (QED) is 0.0214. The van der Waals surface area contributed by atoms with E-state index in [1.165, 1.54) is 0 Å². The third kappa shape index (κ3) is 23.2. The molecule has 16 heteroatoms. The van der Waals surface area contributed by atoms with Crippen LogP contribution in [0, 0.1) is 47.4 Å². The van der Waals surface area contributed by atoms with E-state index < -0.39 is 111 Å². The molecule has 0 N–H and O–H groups in total. The number of rotatable bonds is 40. The van der Waals surface area contributed by atoms with Gasteiger partial charge in [0.05, 0.1) is 0 Å². The molecule has 23 aliphatic rings. The first kappa shape index (κ1) is 113. The van der Waals surface area contributed by atoms with Crippen LogP contribution in [-0.2, 0) is 80.2 Å². The lowest BCUT2D eigenvalue weighted by molar-refractivity contribution is 0.121. The van der Waals surface area contributed by atoms with Gasteiger partial charge in [0.15, 0.2) is 66.5 Å². The fraction of sp³-hybridized carbons (Fsp3) is 0.438. The van der Waals surface area contributed by atoms with Crippen molar-refractivity contribution in [1.82, 2.24) is 0 Å². The summed E-state index contributed by atoms with van der Waals surface area (Å²) in [6.07, 6.45) is 37.5. The molecule has 760 valence electrons. The van der Waals surface area contributed by atoms with Crippen LogP contribution in [0.25, 0.3) is 22.3 Å². The Kier molecular flexibility index (Phi) is 37.4. The average Bonchev–Trinajstić information content (AvgIpc) is 0.751. The monoisotopic (exact) mass is 2060 g/mol. The summed E-state index contributed by atoms with van der Waals surface area (Å²) >= 11 is 0. The SMILES string of the molecule is CC[Si](CC)(CC)OC12C=CC(O[Si](CC)(CC)CC)(C=C1)c1ccc(cc1)-c1ccc(cc1)C1(O[Si](CC)(CC)CC)C=CC(O[Si](CC)(CC)CC)(C=C1)c1ccc(cc1)C#CC#Cc1ccc(cc1)C1(O[Si](CC)(CC)CC)C=CC(O[Si](CC)(CC)CC)(C=C1)c1ccc(cc1)-c1ccc(cc1)C1(O[Si](CC)(CC)CC)C=CC(O[Si](CC)(CC)CC)(C=C1)c1ccc(cc1)C#CC#Cc1ccc2cc1. The molecular formula is C128H168O8Si8. The van der Waals surface area contributed by atoms with Gasteiger partial charge in [0.25, 0.3) is 0 Å². The molecule has 0 saturated heterocycles. The number of benzene rings is 8. The standard InChI is InChI=1S/C128H168O8Si8/c1-25-137(26-2,27-3)129-121-89-97-125(98-90-121,133-141(37-13,38-14)39-15)117-81-65-109(66-82-117)110-67-83-118(84-68-110)126(134-142(40-16,41-17)42-18)99-91-123(92-100-126,131-139(31-7,32-8)33-9)115-77-61-107(62-78-115)55-51-52-56-108-63-79-116(80-64-108)124(132-140(34-10,35-11)36-12)95-103-128(104-96-124,136-144(46-22,47-23)48-24)120-87-71-112(72-88-120)111-69-85-119(86-70-111)127(135-143(43-19,44-20)45-21)101-93-122(94-102-127,130-138(28-4,29-5)30-6)114-75-59-106(60-76-114)54-50-49-53-105-57-73-113(121)74-58-105/h57-104H,25-48H2,1-24H3. The highest BCUT2D eigenvalue weighted by Crippen LogP contribution is 2.54. The topological polar surface area (TPSA) is 73.8 Å². The molecule has 0 unspecified atom stereocenters. The van der Waals surface area contributed by atoms with Gasteiger partial charge in [0.1, 0.15) is 44.8 Å². The van der Waals surface area contributed by atoms with Crippen LogP contribution in [-0.4, -0.2) is 66.5 Å².